The molecule has 17 heavy (non-hydrogen) atoms. The van der Waals surface area contributed by atoms with Crippen molar-refractivity contribution in [3.05, 3.63) is 0 Å². The summed E-state index contributed by atoms with van der Waals surface area (Å²) in [4.78, 5) is 11.4. The molecule has 0 spiro atoms. The van der Waals surface area contributed by atoms with Crippen molar-refractivity contribution >= 4 is 6.09 Å². The number of carbonyl (C=O) groups excluding carboxylic acids is 1. The number of hydrogen-bond donors (Lipinski definition) is 2. The average Bonchev–Trinajstić information content (AvgIpc) is 1.96. The molecule has 0 fully saturated rings. The van der Waals surface area contributed by atoms with Crippen LogP contribution in [-0.4, -0.2) is 28.4 Å². The molecule has 0 aromatic heterocycles. The molecule has 0 aliphatic heterocycles. The highest BCUT2D eigenvalue weighted by molar-refractivity contribution is 5.67. The maximum atomic E-state index is 11.4. The van der Waals surface area contributed by atoms with E-state index in [4.69, 9.17) is 4.74 Å². The van der Waals surface area contributed by atoms with Crippen molar-refractivity contribution in [2.45, 2.75) is 78.0 Å². The quantitative estimate of drug-likeness (QED) is 0.783. The van der Waals surface area contributed by atoms with Crippen LogP contribution in [0.15, 0.2) is 0 Å². The van der Waals surface area contributed by atoms with Crippen molar-refractivity contribution in [2.24, 2.45) is 0 Å². The van der Waals surface area contributed by atoms with Crippen molar-refractivity contribution in [1.82, 2.24) is 5.32 Å². The fourth-order valence-electron chi connectivity index (χ4n) is 1.42. The van der Waals surface area contributed by atoms with Gasteiger partial charge < -0.3 is 15.2 Å². The van der Waals surface area contributed by atoms with Gasteiger partial charge in [-0.1, -0.05) is 0 Å². The summed E-state index contributed by atoms with van der Waals surface area (Å²) in [6.45, 7) is 11.0. The van der Waals surface area contributed by atoms with E-state index in [1.807, 2.05) is 27.7 Å². The highest BCUT2D eigenvalue weighted by Crippen LogP contribution is 2.13. The molecule has 1 amide bonds. The summed E-state index contributed by atoms with van der Waals surface area (Å²) in [7, 11) is 0. The van der Waals surface area contributed by atoms with Crippen molar-refractivity contribution in [2.75, 3.05) is 0 Å². The zero-order valence-electron chi connectivity index (χ0n) is 12.0. The van der Waals surface area contributed by atoms with Gasteiger partial charge in [-0.2, -0.15) is 0 Å². The van der Waals surface area contributed by atoms with Gasteiger partial charge in [-0.15, -0.1) is 0 Å². The van der Waals surface area contributed by atoms with Crippen LogP contribution in [-0.2, 0) is 4.74 Å². The molecule has 0 radical (unpaired) electrons. The molecule has 0 saturated carbocycles. The van der Waals surface area contributed by atoms with Gasteiger partial charge in [0.05, 0.1) is 5.60 Å². The Balaban J connectivity index is 3.79. The Bertz CT molecular complexity index is 238. The second kappa shape index (κ2) is 6.24. The van der Waals surface area contributed by atoms with Crippen LogP contribution in [0.1, 0.15) is 60.8 Å². The van der Waals surface area contributed by atoms with Crippen molar-refractivity contribution < 1.29 is 14.6 Å². The molecule has 0 heterocycles. The Morgan fingerprint density at radius 2 is 1.82 bits per heavy atom. The first-order valence-electron chi connectivity index (χ1n) is 6.21. The minimum atomic E-state index is -0.633. The third-order valence-electron chi connectivity index (χ3n) is 2.19. The molecule has 4 heteroatoms. The van der Waals surface area contributed by atoms with Gasteiger partial charge in [-0.3, -0.25) is 0 Å². The Hall–Kier alpha value is -0.770. The molecule has 0 aliphatic rings. The lowest BCUT2D eigenvalue weighted by Gasteiger charge is -2.22. The summed E-state index contributed by atoms with van der Waals surface area (Å²) in [5, 5.41) is 12.3. The first-order chi connectivity index (χ1) is 7.49. The van der Waals surface area contributed by atoms with Crippen molar-refractivity contribution in [3.8, 4) is 0 Å². The number of rotatable bonds is 5. The summed E-state index contributed by atoms with van der Waals surface area (Å²) < 4.78 is 5.16. The molecular weight excluding hydrogens is 218 g/mol. The molecule has 0 aliphatic carbocycles. The number of carbonyl (C=O) groups is 1. The lowest BCUT2D eigenvalue weighted by Crippen LogP contribution is -2.37. The van der Waals surface area contributed by atoms with E-state index in [-0.39, 0.29) is 12.1 Å². The first kappa shape index (κ1) is 16.2. The molecule has 1 unspecified atom stereocenters. The number of ether oxygens (including phenoxy) is 1. The lowest BCUT2D eigenvalue weighted by molar-refractivity contribution is 0.0499. The number of aliphatic hydroxyl groups is 1. The average molecular weight is 245 g/mol. The van der Waals surface area contributed by atoms with Crippen LogP contribution in [0.2, 0.25) is 0 Å². The van der Waals surface area contributed by atoms with Crippen LogP contribution in [0.25, 0.3) is 0 Å². The van der Waals surface area contributed by atoms with E-state index < -0.39 is 11.2 Å². The zero-order chi connectivity index (χ0) is 13.7. The van der Waals surface area contributed by atoms with Crippen molar-refractivity contribution in [1.29, 1.82) is 0 Å². The van der Waals surface area contributed by atoms with E-state index in [2.05, 4.69) is 5.32 Å². The van der Waals surface area contributed by atoms with Gasteiger partial charge in [0.25, 0.3) is 0 Å². The first-order valence-corrected chi connectivity index (χ1v) is 6.21. The maximum Gasteiger partial charge on any atom is 0.407 e. The van der Waals surface area contributed by atoms with Gasteiger partial charge >= 0.3 is 6.09 Å². The highest BCUT2D eigenvalue weighted by Gasteiger charge is 2.18. The molecule has 4 nitrogen and oxygen atoms in total. The number of hydrogen-bond acceptors (Lipinski definition) is 3. The molecule has 0 saturated heterocycles. The molecule has 2 N–H and O–H groups in total. The third kappa shape index (κ3) is 11.5. The van der Waals surface area contributed by atoms with Crippen LogP contribution < -0.4 is 5.32 Å². The molecular formula is C13H27NO3. The predicted molar refractivity (Wildman–Crippen MR) is 69.0 cm³/mol. The summed E-state index contributed by atoms with van der Waals surface area (Å²) in [5.41, 5.74) is -1.09. The standard InChI is InChI=1S/C13H27NO3/c1-10(8-7-9-13(5,6)16)14-11(15)17-12(2,3)4/h10,16H,7-9H2,1-6H3,(H,14,15). The Labute approximate surface area is 105 Å². The number of amides is 1. The van der Waals surface area contributed by atoms with Gasteiger partial charge in [0.15, 0.2) is 0 Å². The van der Waals surface area contributed by atoms with E-state index in [0.717, 1.165) is 19.3 Å². The smallest absolute Gasteiger partial charge is 0.407 e. The van der Waals surface area contributed by atoms with Gasteiger partial charge in [0.1, 0.15) is 5.60 Å². The zero-order valence-corrected chi connectivity index (χ0v) is 12.0. The minimum absolute atomic E-state index is 0.0622. The molecule has 102 valence electrons. The van der Waals surface area contributed by atoms with E-state index in [9.17, 15) is 9.90 Å². The fraction of sp³-hybridized carbons (Fsp3) is 0.923. The van der Waals surface area contributed by atoms with E-state index in [1.165, 1.54) is 0 Å². The summed E-state index contributed by atoms with van der Waals surface area (Å²) in [6.07, 6.45) is 2.06. The second-order valence-corrected chi connectivity index (χ2v) is 6.25. The van der Waals surface area contributed by atoms with Crippen LogP contribution >= 0.6 is 0 Å². The molecule has 0 aromatic carbocycles. The third-order valence-corrected chi connectivity index (χ3v) is 2.19. The molecule has 0 bridgehead atoms. The summed E-state index contributed by atoms with van der Waals surface area (Å²) in [5.74, 6) is 0. The van der Waals surface area contributed by atoms with Crippen LogP contribution in [0.4, 0.5) is 4.79 Å². The maximum absolute atomic E-state index is 11.4. The van der Waals surface area contributed by atoms with E-state index in [1.54, 1.807) is 13.8 Å². The Kier molecular flexibility index (Phi) is 5.96. The highest BCUT2D eigenvalue weighted by atomic mass is 16.6. The lowest BCUT2D eigenvalue weighted by atomic mass is 10.00. The predicted octanol–water partition coefficient (Wildman–Crippen LogP) is 2.84. The van der Waals surface area contributed by atoms with Gasteiger partial charge in [-0.05, 0) is 60.8 Å². The van der Waals surface area contributed by atoms with Crippen LogP contribution in [0.3, 0.4) is 0 Å². The summed E-state index contributed by atoms with van der Waals surface area (Å²) >= 11 is 0. The van der Waals surface area contributed by atoms with E-state index >= 15 is 0 Å². The largest absolute Gasteiger partial charge is 0.444 e. The minimum Gasteiger partial charge on any atom is -0.444 e. The Morgan fingerprint density at radius 3 is 2.24 bits per heavy atom. The van der Waals surface area contributed by atoms with Crippen molar-refractivity contribution in [3.63, 3.8) is 0 Å². The second-order valence-electron chi connectivity index (χ2n) is 6.25. The fourth-order valence-corrected chi connectivity index (χ4v) is 1.42. The van der Waals surface area contributed by atoms with Crippen LogP contribution in [0, 0.1) is 0 Å². The number of alkyl carbamates (subject to hydrolysis) is 1. The Morgan fingerprint density at radius 1 is 1.29 bits per heavy atom. The topological polar surface area (TPSA) is 58.6 Å². The normalized spacial score (nSPS) is 14.3. The van der Waals surface area contributed by atoms with Crippen LogP contribution in [0.5, 0.6) is 0 Å². The monoisotopic (exact) mass is 245 g/mol. The SMILES string of the molecule is CC(CCCC(C)(C)O)NC(=O)OC(C)(C)C. The van der Waals surface area contributed by atoms with E-state index in [0.29, 0.717) is 0 Å². The van der Waals surface area contributed by atoms with Gasteiger partial charge in [-0.25, -0.2) is 4.79 Å². The molecule has 0 aromatic rings. The summed E-state index contributed by atoms with van der Waals surface area (Å²) in [6, 6.07) is 0.0622. The van der Waals surface area contributed by atoms with Gasteiger partial charge in [0.2, 0.25) is 0 Å². The molecule has 0 rings (SSSR count). The number of nitrogens with one attached hydrogen (secondary N) is 1. The van der Waals surface area contributed by atoms with Gasteiger partial charge in [0, 0.05) is 6.04 Å². The molecule has 1 atom stereocenters.